The fraction of sp³-hybridized carbons (Fsp3) is 0.867. The third-order valence-electron chi connectivity index (χ3n) is 4.66. The average molecular weight is 282 g/mol. The second kappa shape index (κ2) is 6.46. The van der Waals surface area contributed by atoms with E-state index < -0.39 is 5.97 Å². The molecule has 5 heteroatoms. The molecule has 2 aliphatic rings. The van der Waals surface area contributed by atoms with Crippen LogP contribution in [0.25, 0.3) is 0 Å². The molecule has 5 nitrogen and oxygen atoms in total. The van der Waals surface area contributed by atoms with Gasteiger partial charge in [0.15, 0.2) is 0 Å². The highest BCUT2D eigenvalue weighted by atomic mass is 16.4. The Labute approximate surface area is 120 Å². The van der Waals surface area contributed by atoms with Crippen molar-refractivity contribution in [1.82, 2.24) is 10.2 Å². The van der Waals surface area contributed by atoms with Crippen molar-refractivity contribution in [3.05, 3.63) is 0 Å². The Bertz CT molecular complexity index is 364. The second-order valence-electron chi connectivity index (χ2n) is 6.49. The van der Waals surface area contributed by atoms with Crippen LogP contribution < -0.4 is 5.32 Å². The molecule has 0 spiro atoms. The summed E-state index contributed by atoms with van der Waals surface area (Å²) in [5.74, 6) is -0.821. The number of urea groups is 1. The van der Waals surface area contributed by atoms with E-state index in [0.717, 1.165) is 44.9 Å². The van der Waals surface area contributed by atoms with Crippen molar-refractivity contribution >= 4 is 12.0 Å². The molecule has 20 heavy (non-hydrogen) atoms. The van der Waals surface area contributed by atoms with Crippen molar-refractivity contribution in [3.8, 4) is 0 Å². The molecule has 0 bridgehead atoms. The van der Waals surface area contributed by atoms with Crippen molar-refractivity contribution in [2.24, 2.45) is 0 Å². The summed E-state index contributed by atoms with van der Waals surface area (Å²) >= 11 is 0. The molecule has 0 aromatic rings. The van der Waals surface area contributed by atoms with E-state index >= 15 is 0 Å². The minimum absolute atomic E-state index is 0.0597. The van der Waals surface area contributed by atoms with Crippen molar-refractivity contribution in [2.75, 3.05) is 6.54 Å². The number of hydrogen-bond donors (Lipinski definition) is 2. The maximum atomic E-state index is 12.5. The lowest BCUT2D eigenvalue weighted by Crippen LogP contribution is -2.56. The van der Waals surface area contributed by atoms with Crippen LogP contribution in [0.4, 0.5) is 4.79 Å². The van der Waals surface area contributed by atoms with Crippen LogP contribution >= 0.6 is 0 Å². The number of likely N-dealkylation sites (tertiary alicyclic amines) is 1. The van der Waals surface area contributed by atoms with Gasteiger partial charge in [0.25, 0.3) is 0 Å². The van der Waals surface area contributed by atoms with E-state index in [2.05, 4.69) is 12.2 Å². The van der Waals surface area contributed by atoms with Gasteiger partial charge < -0.3 is 15.3 Å². The van der Waals surface area contributed by atoms with Crippen molar-refractivity contribution in [2.45, 2.75) is 76.3 Å². The monoisotopic (exact) mass is 282 g/mol. The van der Waals surface area contributed by atoms with Gasteiger partial charge in [-0.05, 0) is 39.0 Å². The zero-order valence-electron chi connectivity index (χ0n) is 12.4. The van der Waals surface area contributed by atoms with Gasteiger partial charge in [0.2, 0.25) is 0 Å². The molecule has 2 fully saturated rings. The van der Waals surface area contributed by atoms with Crippen molar-refractivity contribution in [3.63, 3.8) is 0 Å². The molecule has 1 atom stereocenters. The van der Waals surface area contributed by atoms with Crippen LogP contribution in [0.5, 0.6) is 0 Å². The zero-order valence-corrected chi connectivity index (χ0v) is 12.4. The predicted molar refractivity (Wildman–Crippen MR) is 76.6 cm³/mol. The first-order valence-corrected chi connectivity index (χ1v) is 7.81. The molecule has 1 saturated carbocycles. The lowest BCUT2D eigenvalue weighted by Gasteiger charge is -2.40. The summed E-state index contributed by atoms with van der Waals surface area (Å²) < 4.78 is 0. The molecule has 1 aliphatic heterocycles. The maximum Gasteiger partial charge on any atom is 0.318 e. The number of aliphatic carboxylic acids is 1. The summed E-state index contributed by atoms with van der Waals surface area (Å²) in [4.78, 5) is 25.2. The maximum absolute atomic E-state index is 12.5. The van der Waals surface area contributed by atoms with Gasteiger partial charge in [-0.25, -0.2) is 4.79 Å². The molecule has 0 aromatic carbocycles. The van der Waals surface area contributed by atoms with Gasteiger partial charge in [-0.2, -0.15) is 0 Å². The Balaban J connectivity index is 1.96. The molecular formula is C15H26N2O3. The van der Waals surface area contributed by atoms with E-state index in [1.165, 1.54) is 6.42 Å². The number of carbonyl (C=O) groups is 2. The lowest BCUT2D eigenvalue weighted by molar-refractivity contribution is -0.138. The third-order valence-corrected chi connectivity index (χ3v) is 4.66. The summed E-state index contributed by atoms with van der Waals surface area (Å²) in [7, 11) is 0. The van der Waals surface area contributed by atoms with Crippen LogP contribution in [0.15, 0.2) is 0 Å². The fourth-order valence-corrected chi connectivity index (χ4v) is 3.47. The van der Waals surface area contributed by atoms with Gasteiger partial charge in [0.05, 0.1) is 6.42 Å². The first kappa shape index (κ1) is 15.1. The number of carboxylic acid groups (broad SMARTS) is 1. The first-order valence-electron chi connectivity index (χ1n) is 7.81. The minimum Gasteiger partial charge on any atom is -0.481 e. The van der Waals surface area contributed by atoms with E-state index in [9.17, 15) is 9.59 Å². The van der Waals surface area contributed by atoms with Gasteiger partial charge in [-0.3, -0.25) is 4.79 Å². The van der Waals surface area contributed by atoms with Gasteiger partial charge >= 0.3 is 12.0 Å². The SMILES string of the molecule is CC1(NC(=O)N2CCCCC2CC(=O)O)CCCCC1. The topological polar surface area (TPSA) is 69.6 Å². The number of carbonyl (C=O) groups excluding carboxylic acids is 1. The molecule has 1 saturated heterocycles. The Morgan fingerprint density at radius 3 is 2.55 bits per heavy atom. The summed E-state index contributed by atoms with van der Waals surface area (Å²) in [5.41, 5.74) is -0.111. The first-order chi connectivity index (χ1) is 9.50. The molecule has 0 radical (unpaired) electrons. The molecule has 114 valence electrons. The minimum atomic E-state index is -0.821. The van der Waals surface area contributed by atoms with Gasteiger partial charge in [0, 0.05) is 18.1 Å². The molecule has 0 aromatic heterocycles. The molecule has 1 unspecified atom stereocenters. The van der Waals surface area contributed by atoms with Gasteiger partial charge in [-0.1, -0.05) is 19.3 Å². The molecular weight excluding hydrogens is 256 g/mol. The summed E-state index contributed by atoms with van der Waals surface area (Å²) in [6, 6.07) is -0.214. The largest absolute Gasteiger partial charge is 0.481 e. The number of nitrogens with one attached hydrogen (secondary N) is 1. The molecule has 1 heterocycles. The van der Waals surface area contributed by atoms with E-state index in [-0.39, 0.29) is 24.0 Å². The van der Waals surface area contributed by atoms with Gasteiger partial charge in [0.1, 0.15) is 0 Å². The van der Waals surface area contributed by atoms with Crippen LogP contribution in [0.3, 0.4) is 0 Å². The van der Waals surface area contributed by atoms with Crippen LogP contribution in [0, 0.1) is 0 Å². The Morgan fingerprint density at radius 2 is 1.90 bits per heavy atom. The fourth-order valence-electron chi connectivity index (χ4n) is 3.47. The second-order valence-corrected chi connectivity index (χ2v) is 6.49. The van der Waals surface area contributed by atoms with Crippen molar-refractivity contribution < 1.29 is 14.7 Å². The number of amides is 2. The molecule has 2 N–H and O–H groups in total. The van der Waals surface area contributed by atoms with E-state index in [1.54, 1.807) is 4.90 Å². The summed E-state index contributed by atoms with van der Waals surface area (Å²) in [6.07, 6.45) is 8.47. The predicted octanol–water partition coefficient (Wildman–Crippen LogP) is 2.75. The summed E-state index contributed by atoms with van der Waals surface area (Å²) in [5, 5.41) is 12.1. The van der Waals surface area contributed by atoms with Gasteiger partial charge in [-0.15, -0.1) is 0 Å². The van der Waals surface area contributed by atoms with Crippen LogP contribution in [0.2, 0.25) is 0 Å². The summed E-state index contributed by atoms with van der Waals surface area (Å²) in [6.45, 7) is 2.79. The van der Waals surface area contributed by atoms with Crippen LogP contribution in [-0.4, -0.2) is 40.1 Å². The van der Waals surface area contributed by atoms with Crippen molar-refractivity contribution in [1.29, 1.82) is 0 Å². The molecule has 1 aliphatic carbocycles. The number of nitrogens with zero attached hydrogens (tertiary/aromatic N) is 1. The van der Waals surface area contributed by atoms with Crippen LogP contribution in [0.1, 0.15) is 64.7 Å². The highest BCUT2D eigenvalue weighted by Crippen LogP contribution is 2.28. The smallest absolute Gasteiger partial charge is 0.318 e. The quantitative estimate of drug-likeness (QED) is 0.836. The van der Waals surface area contributed by atoms with Crippen LogP contribution in [-0.2, 0) is 4.79 Å². The number of carboxylic acids is 1. The number of rotatable bonds is 3. The normalized spacial score (nSPS) is 26.1. The highest BCUT2D eigenvalue weighted by molar-refractivity contribution is 5.77. The highest BCUT2D eigenvalue weighted by Gasteiger charge is 2.34. The van der Waals surface area contributed by atoms with E-state index in [0.29, 0.717) is 6.54 Å². The number of hydrogen-bond acceptors (Lipinski definition) is 2. The lowest BCUT2D eigenvalue weighted by atomic mass is 9.83. The molecule has 2 rings (SSSR count). The Kier molecular flexibility index (Phi) is 4.89. The average Bonchev–Trinajstić information content (AvgIpc) is 2.38. The third kappa shape index (κ3) is 3.87. The standard InChI is InChI=1S/C15H26N2O3/c1-15(8-4-2-5-9-15)16-14(20)17-10-6-3-7-12(17)11-13(18)19/h12H,2-11H2,1H3,(H,16,20)(H,18,19). The van der Waals surface area contributed by atoms with E-state index in [1.807, 2.05) is 0 Å². The Morgan fingerprint density at radius 1 is 1.20 bits per heavy atom. The van der Waals surface area contributed by atoms with E-state index in [4.69, 9.17) is 5.11 Å². The number of piperidine rings is 1. The zero-order chi connectivity index (χ0) is 14.6. The Hall–Kier alpha value is -1.26. The molecule has 2 amide bonds.